The molecule has 0 aliphatic heterocycles. The van der Waals surface area contributed by atoms with Gasteiger partial charge in [0.1, 0.15) is 5.69 Å². The van der Waals surface area contributed by atoms with Crippen LogP contribution in [0.3, 0.4) is 0 Å². The van der Waals surface area contributed by atoms with E-state index in [2.05, 4.69) is 55.3 Å². The van der Waals surface area contributed by atoms with Crippen molar-refractivity contribution in [1.82, 2.24) is 24.5 Å². The van der Waals surface area contributed by atoms with Crippen LogP contribution in [0.4, 0.5) is 0 Å². The van der Waals surface area contributed by atoms with Crippen molar-refractivity contribution >= 4 is 22.2 Å². The Bertz CT molecular complexity index is 1410. The summed E-state index contributed by atoms with van der Waals surface area (Å²) in [4.78, 5) is 31.5. The fourth-order valence-electron chi connectivity index (χ4n) is 4.39. The molecular formula is C28H35N5O2S. The first-order valence-electron chi connectivity index (χ1n) is 12.7. The number of nitrogens with one attached hydrogen (secondary N) is 1. The SMILES string of the molecule is CCCCCCNC(=O)Cc1csc2nc(C)c(-c3cc(C)n(-c4ccc(C(C)C)cc4)n3)c(=O)n12. The van der Waals surface area contributed by atoms with Crippen LogP contribution in [-0.4, -0.2) is 31.6 Å². The van der Waals surface area contributed by atoms with Crippen molar-refractivity contribution in [1.29, 1.82) is 0 Å². The van der Waals surface area contributed by atoms with Crippen LogP contribution in [0.25, 0.3) is 21.9 Å². The molecule has 0 saturated carbocycles. The van der Waals surface area contributed by atoms with Gasteiger partial charge >= 0.3 is 0 Å². The van der Waals surface area contributed by atoms with E-state index in [1.807, 2.05) is 30.0 Å². The molecule has 190 valence electrons. The van der Waals surface area contributed by atoms with E-state index in [0.29, 0.717) is 40.1 Å². The van der Waals surface area contributed by atoms with Gasteiger partial charge in [0.2, 0.25) is 5.91 Å². The molecule has 3 heterocycles. The number of thiazole rings is 1. The van der Waals surface area contributed by atoms with Crippen molar-refractivity contribution < 1.29 is 4.79 Å². The van der Waals surface area contributed by atoms with E-state index in [0.717, 1.165) is 30.6 Å². The Hall–Kier alpha value is -3.26. The van der Waals surface area contributed by atoms with Gasteiger partial charge in [0.05, 0.1) is 23.4 Å². The quantitative estimate of drug-likeness (QED) is 0.285. The van der Waals surface area contributed by atoms with E-state index < -0.39 is 0 Å². The molecule has 0 aliphatic carbocycles. The highest BCUT2D eigenvalue weighted by atomic mass is 32.1. The highest BCUT2D eigenvalue weighted by molar-refractivity contribution is 7.15. The maximum absolute atomic E-state index is 13.7. The molecule has 0 atom stereocenters. The Balaban J connectivity index is 1.63. The zero-order valence-electron chi connectivity index (χ0n) is 21.8. The number of unbranched alkanes of at least 4 members (excludes halogenated alkanes) is 3. The largest absolute Gasteiger partial charge is 0.356 e. The zero-order valence-corrected chi connectivity index (χ0v) is 22.6. The molecule has 0 radical (unpaired) electrons. The van der Waals surface area contributed by atoms with Crippen LogP contribution in [0, 0.1) is 13.8 Å². The second-order valence-corrected chi connectivity index (χ2v) is 10.5. The van der Waals surface area contributed by atoms with Crippen molar-refractivity contribution in [2.45, 2.75) is 72.6 Å². The standard InChI is InChI=1S/C28H35N5O2S/c1-6-7-8-9-14-29-25(34)16-23-17-36-28-30-20(5)26(27(35)32(23)28)24-15-19(4)33(31-24)22-12-10-21(11-13-22)18(2)3/h10-13,15,17-18H,6-9,14,16H2,1-5H3,(H,29,34). The summed E-state index contributed by atoms with van der Waals surface area (Å²) in [5.74, 6) is 0.377. The molecule has 1 aromatic carbocycles. The first-order valence-corrected chi connectivity index (χ1v) is 13.6. The Morgan fingerprint density at radius 1 is 1.11 bits per heavy atom. The van der Waals surface area contributed by atoms with Gasteiger partial charge in [-0.3, -0.25) is 14.0 Å². The topological polar surface area (TPSA) is 81.3 Å². The number of rotatable bonds is 10. The van der Waals surface area contributed by atoms with E-state index in [4.69, 9.17) is 5.10 Å². The highest BCUT2D eigenvalue weighted by Gasteiger charge is 2.20. The zero-order chi connectivity index (χ0) is 25.8. The number of amides is 1. The summed E-state index contributed by atoms with van der Waals surface area (Å²) in [5, 5.41) is 9.61. The van der Waals surface area contributed by atoms with E-state index in [9.17, 15) is 9.59 Å². The minimum Gasteiger partial charge on any atom is -0.356 e. The molecule has 1 amide bonds. The number of carbonyl (C=O) groups excluding carboxylic acids is 1. The summed E-state index contributed by atoms with van der Waals surface area (Å²) in [6.45, 7) is 11.0. The van der Waals surface area contributed by atoms with E-state index in [-0.39, 0.29) is 17.9 Å². The third kappa shape index (κ3) is 5.43. The normalized spacial score (nSPS) is 11.5. The van der Waals surface area contributed by atoms with Crippen LogP contribution in [-0.2, 0) is 11.2 Å². The molecule has 1 N–H and O–H groups in total. The second-order valence-electron chi connectivity index (χ2n) is 9.64. The lowest BCUT2D eigenvalue weighted by atomic mass is 10.0. The summed E-state index contributed by atoms with van der Waals surface area (Å²) in [6.07, 6.45) is 4.56. The first-order chi connectivity index (χ1) is 17.3. The lowest BCUT2D eigenvalue weighted by Crippen LogP contribution is -2.28. The average Bonchev–Trinajstić information content (AvgIpc) is 3.42. The summed E-state index contributed by atoms with van der Waals surface area (Å²) in [7, 11) is 0. The number of aryl methyl sites for hydroxylation is 2. The van der Waals surface area contributed by atoms with Gasteiger partial charge in [0, 0.05) is 23.3 Å². The van der Waals surface area contributed by atoms with E-state index in [1.165, 1.54) is 23.3 Å². The van der Waals surface area contributed by atoms with Gasteiger partial charge < -0.3 is 5.32 Å². The molecule has 0 spiro atoms. The fraction of sp³-hybridized carbons (Fsp3) is 0.429. The molecule has 7 nitrogen and oxygen atoms in total. The summed E-state index contributed by atoms with van der Waals surface area (Å²) in [5.41, 5.74) is 5.29. The third-order valence-electron chi connectivity index (χ3n) is 6.46. The van der Waals surface area contributed by atoms with Crippen molar-refractivity contribution in [2.75, 3.05) is 6.54 Å². The predicted molar refractivity (Wildman–Crippen MR) is 146 cm³/mol. The number of benzene rings is 1. The van der Waals surface area contributed by atoms with Gasteiger partial charge in [-0.2, -0.15) is 5.10 Å². The molecule has 4 aromatic rings. The number of carbonyl (C=O) groups is 1. The van der Waals surface area contributed by atoms with E-state index in [1.54, 1.807) is 4.40 Å². The van der Waals surface area contributed by atoms with Gasteiger partial charge in [-0.1, -0.05) is 52.2 Å². The molecule has 0 aliphatic rings. The van der Waals surface area contributed by atoms with Crippen LogP contribution in [0.2, 0.25) is 0 Å². The van der Waals surface area contributed by atoms with Crippen LogP contribution in [0.5, 0.6) is 0 Å². The molecule has 0 fully saturated rings. The van der Waals surface area contributed by atoms with Crippen LogP contribution >= 0.6 is 11.3 Å². The maximum atomic E-state index is 13.7. The van der Waals surface area contributed by atoms with Crippen molar-refractivity contribution in [3.8, 4) is 16.9 Å². The molecule has 0 unspecified atom stereocenters. The minimum absolute atomic E-state index is 0.0785. The second kappa shape index (κ2) is 11.2. The van der Waals surface area contributed by atoms with Gasteiger partial charge in [0.25, 0.3) is 5.56 Å². The third-order valence-corrected chi connectivity index (χ3v) is 7.34. The average molecular weight is 506 g/mol. The Morgan fingerprint density at radius 2 is 1.86 bits per heavy atom. The van der Waals surface area contributed by atoms with E-state index >= 15 is 0 Å². The van der Waals surface area contributed by atoms with Gasteiger partial charge in [-0.15, -0.1) is 11.3 Å². The van der Waals surface area contributed by atoms with Gasteiger partial charge in [0.15, 0.2) is 4.96 Å². The minimum atomic E-state index is -0.190. The number of fused-ring (bicyclic) bond motifs is 1. The Morgan fingerprint density at radius 3 is 2.56 bits per heavy atom. The Kier molecular flexibility index (Phi) is 8.04. The number of aromatic nitrogens is 4. The van der Waals surface area contributed by atoms with Crippen LogP contribution in [0.1, 0.15) is 75.0 Å². The molecule has 3 aromatic heterocycles. The highest BCUT2D eigenvalue weighted by Crippen LogP contribution is 2.24. The van der Waals surface area contributed by atoms with Crippen LogP contribution in [0.15, 0.2) is 40.5 Å². The molecule has 36 heavy (non-hydrogen) atoms. The summed E-state index contributed by atoms with van der Waals surface area (Å²) in [6, 6.07) is 10.3. The van der Waals surface area contributed by atoms with Crippen molar-refractivity contribution in [3.63, 3.8) is 0 Å². The molecule has 8 heteroatoms. The first kappa shape index (κ1) is 25.8. The Labute approximate surface area is 216 Å². The number of hydrogen-bond donors (Lipinski definition) is 1. The number of hydrogen-bond acceptors (Lipinski definition) is 5. The smallest absolute Gasteiger partial charge is 0.268 e. The summed E-state index contributed by atoms with van der Waals surface area (Å²) < 4.78 is 3.42. The molecular weight excluding hydrogens is 470 g/mol. The fourth-order valence-corrected chi connectivity index (χ4v) is 5.31. The predicted octanol–water partition coefficient (Wildman–Crippen LogP) is 5.59. The lowest BCUT2D eigenvalue weighted by molar-refractivity contribution is -0.120. The molecule has 4 rings (SSSR count). The molecule has 0 bridgehead atoms. The number of nitrogens with zero attached hydrogens (tertiary/aromatic N) is 4. The van der Waals surface area contributed by atoms with Gasteiger partial charge in [-0.05, 0) is 49.9 Å². The lowest BCUT2D eigenvalue weighted by Gasteiger charge is -2.08. The van der Waals surface area contributed by atoms with Crippen molar-refractivity contribution in [2.24, 2.45) is 0 Å². The monoisotopic (exact) mass is 505 g/mol. The maximum Gasteiger partial charge on any atom is 0.268 e. The van der Waals surface area contributed by atoms with Crippen LogP contribution < -0.4 is 10.9 Å². The van der Waals surface area contributed by atoms with Crippen molar-refractivity contribution in [3.05, 3.63) is 68.7 Å². The molecule has 0 saturated heterocycles. The summed E-state index contributed by atoms with van der Waals surface area (Å²) >= 11 is 1.38. The van der Waals surface area contributed by atoms with Gasteiger partial charge in [-0.25, -0.2) is 9.67 Å².